The van der Waals surface area contributed by atoms with Crippen molar-refractivity contribution < 1.29 is 0 Å². The molecule has 22 heavy (non-hydrogen) atoms. The van der Waals surface area contributed by atoms with E-state index in [2.05, 4.69) is 84.4 Å². The molecule has 2 aromatic carbocycles. The van der Waals surface area contributed by atoms with E-state index in [4.69, 9.17) is 0 Å². The molecule has 0 aliphatic heterocycles. The van der Waals surface area contributed by atoms with Crippen LogP contribution < -0.4 is 0 Å². The van der Waals surface area contributed by atoms with Gasteiger partial charge in [-0.3, -0.25) is 0 Å². The molecule has 1 aliphatic rings. The fourth-order valence-corrected chi connectivity index (χ4v) is 3.07. The normalized spacial score (nSPS) is 14.3. The molecule has 0 saturated carbocycles. The highest BCUT2D eigenvalue weighted by molar-refractivity contribution is 5.88. The summed E-state index contributed by atoms with van der Waals surface area (Å²) < 4.78 is 2.28. The van der Waals surface area contributed by atoms with Crippen LogP contribution in [0.5, 0.6) is 0 Å². The number of benzene rings is 2. The van der Waals surface area contributed by atoms with Crippen molar-refractivity contribution in [2.75, 3.05) is 0 Å². The van der Waals surface area contributed by atoms with Crippen molar-refractivity contribution in [2.24, 2.45) is 0 Å². The summed E-state index contributed by atoms with van der Waals surface area (Å²) in [5.74, 6) is 0. The van der Waals surface area contributed by atoms with Gasteiger partial charge in [0.15, 0.2) is 0 Å². The quantitative estimate of drug-likeness (QED) is 0.560. The second-order valence-electron chi connectivity index (χ2n) is 5.93. The van der Waals surface area contributed by atoms with Gasteiger partial charge in [0.2, 0.25) is 0 Å². The second-order valence-corrected chi connectivity index (χ2v) is 5.93. The number of aromatic nitrogens is 1. The highest BCUT2D eigenvalue weighted by Crippen LogP contribution is 2.28. The van der Waals surface area contributed by atoms with Crippen LogP contribution in [0.2, 0.25) is 0 Å². The minimum absolute atomic E-state index is 1.13. The molecule has 0 bridgehead atoms. The van der Waals surface area contributed by atoms with Crippen LogP contribution in [0, 0.1) is 6.92 Å². The number of rotatable bonds is 2. The predicted molar refractivity (Wildman–Crippen MR) is 94.8 cm³/mol. The van der Waals surface area contributed by atoms with Gasteiger partial charge in [-0.15, -0.1) is 0 Å². The topological polar surface area (TPSA) is 4.93 Å². The van der Waals surface area contributed by atoms with Gasteiger partial charge in [0, 0.05) is 17.3 Å². The van der Waals surface area contributed by atoms with Gasteiger partial charge in [-0.2, -0.15) is 0 Å². The molecule has 1 heteroatoms. The molecular formula is C21H19N. The summed E-state index contributed by atoms with van der Waals surface area (Å²) in [5, 5.41) is 1.29. The fraction of sp³-hybridized carbons (Fsp3) is 0.143. The smallest absolute Gasteiger partial charge is 0.0528 e. The van der Waals surface area contributed by atoms with Gasteiger partial charge in [0.1, 0.15) is 0 Å². The van der Waals surface area contributed by atoms with E-state index in [-0.39, 0.29) is 0 Å². The van der Waals surface area contributed by atoms with Crippen LogP contribution in [-0.2, 0) is 0 Å². The standard InChI is InChI=1S/C21H19N/c1-16-7-9-17(10-8-16)18-11-12-21-19(15-18)13-14-22(21)20-5-3-2-4-6-20/h3,5-15H,2,4H2,1H3. The van der Waals surface area contributed by atoms with Crippen LogP contribution in [0.1, 0.15) is 18.4 Å². The lowest BCUT2D eigenvalue weighted by atomic mass is 10.0. The van der Waals surface area contributed by atoms with E-state index in [9.17, 15) is 0 Å². The zero-order valence-corrected chi connectivity index (χ0v) is 12.8. The van der Waals surface area contributed by atoms with Gasteiger partial charge in [-0.1, -0.05) is 48.0 Å². The molecule has 0 amide bonds. The van der Waals surface area contributed by atoms with E-state index in [0.717, 1.165) is 12.8 Å². The molecule has 0 atom stereocenters. The Morgan fingerprint density at radius 2 is 1.68 bits per heavy atom. The Hall–Kier alpha value is -2.54. The van der Waals surface area contributed by atoms with E-state index in [0.29, 0.717) is 0 Å². The Morgan fingerprint density at radius 3 is 2.45 bits per heavy atom. The first kappa shape index (κ1) is 13.1. The van der Waals surface area contributed by atoms with Crippen molar-refractivity contribution in [3.63, 3.8) is 0 Å². The molecule has 0 unspecified atom stereocenters. The monoisotopic (exact) mass is 285 g/mol. The zero-order valence-electron chi connectivity index (χ0n) is 12.8. The average molecular weight is 285 g/mol. The Balaban J connectivity index is 1.78. The maximum absolute atomic E-state index is 2.31. The molecule has 3 aromatic rings. The van der Waals surface area contributed by atoms with Crippen molar-refractivity contribution in [1.82, 2.24) is 4.57 Å². The number of aryl methyl sites for hydroxylation is 1. The van der Waals surface area contributed by atoms with Gasteiger partial charge in [0.25, 0.3) is 0 Å². The molecule has 0 spiro atoms. The Bertz CT molecular complexity index is 876. The molecule has 0 fully saturated rings. The summed E-state index contributed by atoms with van der Waals surface area (Å²) in [6, 6.07) is 17.7. The van der Waals surface area contributed by atoms with Crippen LogP contribution in [0.4, 0.5) is 0 Å². The number of allylic oxidation sites excluding steroid dienone is 4. The molecule has 0 N–H and O–H groups in total. The fourth-order valence-electron chi connectivity index (χ4n) is 3.07. The Labute approximate surface area is 131 Å². The minimum Gasteiger partial charge on any atom is -0.317 e. The Kier molecular flexibility index (Phi) is 3.19. The summed E-state index contributed by atoms with van der Waals surface area (Å²) >= 11 is 0. The molecule has 0 saturated heterocycles. The molecule has 1 heterocycles. The van der Waals surface area contributed by atoms with Crippen molar-refractivity contribution >= 4 is 16.6 Å². The predicted octanol–water partition coefficient (Wildman–Crippen LogP) is 5.81. The molecule has 0 radical (unpaired) electrons. The van der Waals surface area contributed by atoms with Crippen molar-refractivity contribution in [3.8, 4) is 11.1 Å². The number of nitrogens with zero attached hydrogens (tertiary/aromatic N) is 1. The lowest BCUT2D eigenvalue weighted by Crippen LogP contribution is -1.95. The SMILES string of the molecule is Cc1ccc(-c2ccc3c(ccn3C3=CCCC=C3)c2)cc1. The number of fused-ring (bicyclic) bond motifs is 1. The third kappa shape index (κ3) is 2.29. The summed E-state index contributed by atoms with van der Waals surface area (Å²) in [6.07, 6.45) is 11.2. The van der Waals surface area contributed by atoms with Crippen LogP contribution in [0.25, 0.3) is 27.7 Å². The molecule has 4 rings (SSSR count). The second kappa shape index (κ2) is 5.34. The average Bonchev–Trinajstić information content (AvgIpc) is 2.99. The van der Waals surface area contributed by atoms with Crippen molar-refractivity contribution in [3.05, 3.63) is 78.5 Å². The van der Waals surface area contributed by atoms with Gasteiger partial charge >= 0.3 is 0 Å². The highest BCUT2D eigenvalue weighted by Gasteiger charge is 2.07. The minimum atomic E-state index is 1.13. The van der Waals surface area contributed by atoms with E-state index in [1.807, 2.05) is 0 Å². The van der Waals surface area contributed by atoms with Gasteiger partial charge in [-0.05, 0) is 55.2 Å². The van der Waals surface area contributed by atoms with Crippen LogP contribution in [0.15, 0.2) is 73.0 Å². The molecule has 1 nitrogen and oxygen atoms in total. The summed E-state index contributed by atoms with van der Waals surface area (Å²) in [6.45, 7) is 2.12. The molecular weight excluding hydrogens is 266 g/mol. The first-order chi connectivity index (χ1) is 10.8. The first-order valence-electron chi connectivity index (χ1n) is 7.86. The Morgan fingerprint density at radius 1 is 0.864 bits per heavy atom. The van der Waals surface area contributed by atoms with E-state index >= 15 is 0 Å². The van der Waals surface area contributed by atoms with Crippen LogP contribution in [-0.4, -0.2) is 4.57 Å². The lowest BCUT2D eigenvalue weighted by molar-refractivity contribution is 1.01. The molecule has 108 valence electrons. The van der Waals surface area contributed by atoms with Gasteiger partial charge in [0.05, 0.1) is 5.52 Å². The lowest BCUT2D eigenvalue weighted by Gasteiger charge is -2.10. The molecule has 1 aromatic heterocycles. The zero-order chi connectivity index (χ0) is 14.9. The third-order valence-electron chi connectivity index (χ3n) is 4.33. The highest BCUT2D eigenvalue weighted by atomic mass is 15.0. The molecule has 1 aliphatic carbocycles. The first-order valence-corrected chi connectivity index (χ1v) is 7.86. The summed E-state index contributed by atoms with van der Waals surface area (Å²) in [4.78, 5) is 0. The van der Waals surface area contributed by atoms with Crippen molar-refractivity contribution in [1.29, 1.82) is 0 Å². The largest absolute Gasteiger partial charge is 0.317 e. The van der Waals surface area contributed by atoms with E-state index in [1.54, 1.807) is 0 Å². The van der Waals surface area contributed by atoms with Gasteiger partial charge in [-0.25, -0.2) is 0 Å². The van der Waals surface area contributed by atoms with E-state index < -0.39 is 0 Å². The number of hydrogen-bond donors (Lipinski definition) is 0. The summed E-state index contributed by atoms with van der Waals surface area (Å²) in [7, 11) is 0. The van der Waals surface area contributed by atoms with Crippen LogP contribution in [0.3, 0.4) is 0 Å². The summed E-state index contributed by atoms with van der Waals surface area (Å²) in [5.41, 5.74) is 6.40. The van der Waals surface area contributed by atoms with E-state index in [1.165, 1.54) is 33.3 Å². The maximum Gasteiger partial charge on any atom is 0.0528 e. The van der Waals surface area contributed by atoms with Crippen LogP contribution >= 0.6 is 0 Å². The third-order valence-corrected chi connectivity index (χ3v) is 4.33. The maximum atomic E-state index is 2.31. The van der Waals surface area contributed by atoms with Gasteiger partial charge < -0.3 is 4.57 Å². The number of hydrogen-bond acceptors (Lipinski definition) is 0. The van der Waals surface area contributed by atoms with Crippen molar-refractivity contribution in [2.45, 2.75) is 19.8 Å².